The average molecular weight is 442 g/mol. The zero-order valence-corrected chi connectivity index (χ0v) is 17.7. The van der Waals surface area contributed by atoms with Crippen LogP contribution in [0.3, 0.4) is 0 Å². The van der Waals surface area contributed by atoms with E-state index in [1.807, 2.05) is 19.1 Å². The number of fused-ring (bicyclic) bond motifs is 1. The van der Waals surface area contributed by atoms with Crippen molar-refractivity contribution in [1.29, 1.82) is 0 Å². The Morgan fingerprint density at radius 2 is 1.84 bits per heavy atom. The van der Waals surface area contributed by atoms with Crippen LogP contribution in [0.5, 0.6) is 0 Å². The molecule has 0 saturated heterocycles. The summed E-state index contributed by atoms with van der Waals surface area (Å²) in [4.78, 5) is 30.7. The minimum Gasteiger partial charge on any atom is -0.351 e. The van der Waals surface area contributed by atoms with Crippen molar-refractivity contribution in [2.75, 3.05) is 5.32 Å². The number of halogens is 2. The lowest BCUT2D eigenvalue weighted by atomic mass is 9.90. The van der Waals surface area contributed by atoms with E-state index >= 15 is 0 Å². The van der Waals surface area contributed by atoms with Gasteiger partial charge >= 0.3 is 0 Å². The number of aromatic nitrogens is 1. The van der Waals surface area contributed by atoms with Crippen molar-refractivity contribution in [2.24, 2.45) is 0 Å². The molecular formula is C23H21F2N3O2S. The molecule has 0 bridgehead atoms. The van der Waals surface area contributed by atoms with Gasteiger partial charge < -0.3 is 5.32 Å². The van der Waals surface area contributed by atoms with Crippen LogP contribution in [0.2, 0.25) is 0 Å². The van der Waals surface area contributed by atoms with Gasteiger partial charge in [0.1, 0.15) is 11.6 Å². The first-order chi connectivity index (χ1) is 14.9. The van der Waals surface area contributed by atoms with Gasteiger partial charge in [-0.25, -0.2) is 13.8 Å². The van der Waals surface area contributed by atoms with E-state index in [-0.39, 0.29) is 23.9 Å². The third-order valence-electron chi connectivity index (χ3n) is 5.31. The molecule has 1 heterocycles. The monoisotopic (exact) mass is 441 g/mol. The summed E-state index contributed by atoms with van der Waals surface area (Å²) in [5.74, 6) is -2.49. The van der Waals surface area contributed by atoms with E-state index in [4.69, 9.17) is 0 Å². The van der Waals surface area contributed by atoms with Crippen LogP contribution >= 0.6 is 11.3 Å². The van der Waals surface area contributed by atoms with Crippen LogP contribution in [0.1, 0.15) is 50.8 Å². The average Bonchev–Trinajstić information content (AvgIpc) is 3.16. The molecule has 3 aromatic rings. The molecule has 0 saturated carbocycles. The molecule has 5 nitrogen and oxygen atoms in total. The van der Waals surface area contributed by atoms with Gasteiger partial charge in [-0.05, 0) is 50.5 Å². The maximum Gasteiger partial charge on any atom is 0.257 e. The Bertz CT molecular complexity index is 1110. The predicted molar refractivity (Wildman–Crippen MR) is 115 cm³/mol. The Kier molecular flexibility index (Phi) is 6.08. The number of carbonyl (C=O) groups is 2. The second-order valence-corrected chi connectivity index (χ2v) is 8.59. The molecule has 0 radical (unpaired) electrons. The van der Waals surface area contributed by atoms with Crippen molar-refractivity contribution < 1.29 is 18.4 Å². The quantitative estimate of drug-likeness (QED) is 0.602. The fourth-order valence-electron chi connectivity index (χ4n) is 3.60. The molecule has 0 fully saturated rings. The lowest BCUT2D eigenvalue weighted by Gasteiger charge is -2.20. The van der Waals surface area contributed by atoms with Gasteiger partial charge in [0.05, 0.1) is 11.6 Å². The maximum absolute atomic E-state index is 13.8. The van der Waals surface area contributed by atoms with Crippen molar-refractivity contribution in [2.45, 2.75) is 38.6 Å². The highest BCUT2D eigenvalue weighted by Crippen LogP contribution is 2.37. The minimum atomic E-state index is -0.695. The van der Waals surface area contributed by atoms with Gasteiger partial charge in [0, 0.05) is 22.5 Å². The largest absolute Gasteiger partial charge is 0.351 e. The highest BCUT2D eigenvalue weighted by atomic mass is 32.1. The van der Waals surface area contributed by atoms with Crippen LogP contribution in [-0.2, 0) is 17.8 Å². The Morgan fingerprint density at radius 1 is 1.13 bits per heavy atom. The predicted octanol–water partition coefficient (Wildman–Crippen LogP) is 4.72. The number of hydrogen-bond donors (Lipinski definition) is 2. The summed E-state index contributed by atoms with van der Waals surface area (Å²) in [6, 6.07) is 10.8. The fraction of sp³-hybridized carbons (Fsp3) is 0.261. The number of anilines is 1. The van der Waals surface area contributed by atoms with Crippen molar-refractivity contribution in [3.05, 3.63) is 81.4 Å². The van der Waals surface area contributed by atoms with Gasteiger partial charge in [-0.3, -0.25) is 14.9 Å². The lowest BCUT2D eigenvalue weighted by molar-refractivity contribution is -0.123. The molecule has 0 spiro atoms. The van der Waals surface area contributed by atoms with Gasteiger partial charge in [0.15, 0.2) is 5.13 Å². The first kappa shape index (κ1) is 21.1. The van der Waals surface area contributed by atoms with Crippen LogP contribution in [0.4, 0.5) is 13.9 Å². The van der Waals surface area contributed by atoms with E-state index in [2.05, 4.69) is 15.6 Å². The number of nitrogens with one attached hydrogen (secondary N) is 2. The van der Waals surface area contributed by atoms with Crippen LogP contribution < -0.4 is 10.6 Å². The van der Waals surface area contributed by atoms with E-state index in [9.17, 15) is 18.4 Å². The third-order valence-corrected chi connectivity index (χ3v) is 6.35. The molecule has 31 heavy (non-hydrogen) atoms. The summed E-state index contributed by atoms with van der Waals surface area (Å²) in [7, 11) is 0. The number of carbonyl (C=O) groups excluding carboxylic acids is 2. The van der Waals surface area contributed by atoms with Crippen molar-refractivity contribution >= 4 is 28.3 Å². The molecule has 8 heteroatoms. The smallest absolute Gasteiger partial charge is 0.257 e. The number of aryl methyl sites for hydroxylation is 2. The molecule has 4 rings (SSSR count). The Labute approximate surface area is 182 Å². The summed E-state index contributed by atoms with van der Waals surface area (Å²) in [6.45, 7) is 1.71. The van der Waals surface area contributed by atoms with Crippen molar-refractivity contribution in [1.82, 2.24) is 10.3 Å². The number of hydrogen-bond acceptors (Lipinski definition) is 4. The summed E-state index contributed by atoms with van der Waals surface area (Å²) >= 11 is 1.36. The third kappa shape index (κ3) is 4.64. The SMILES string of the molecule is Cc1ccc(C(=O)Nc2nc3c(s2)CCCC3C(=O)NCc2c(F)cccc2F)cc1. The molecule has 1 aromatic heterocycles. The normalized spacial score (nSPS) is 15.3. The molecular weight excluding hydrogens is 420 g/mol. The molecule has 160 valence electrons. The first-order valence-electron chi connectivity index (χ1n) is 10.0. The van der Waals surface area contributed by atoms with Crippen LogP contribution in [0.25, 0.3) is 0 Å². The molecule has 1 aliphatic rings. The topological polar surface area (TPSA) is 71.1 Å². The summed E-state index contributed by atoms with van der Waals surface area (Å²) < 4.78 is 27.7. The zero-order valence-electron chi connectivity index (χ0n) is 16.9. The summed E-state index contributed by atoms with van der Waals surface area (Å²) in [5.41, 5.74) is 2.04. The molecule has 1 unspecified atom stereocenters. The van der Waals surface area contributed by atoms with Gasteiger partial charge in [-0.15, -0.1) is 11.3 Å². The second-order valence-electron chi connectivity index (χ2n) is 7.51. The molecule has 1 aliphatic carbocycles. The maximum atomic E-state index is 13.8. The van der Waals surface area contributed by atoms with Gasteiger partial charge in [-0.1, -0.05) is 23.8 Å². The Balaban J connectivity index is 1.46. The van der Waals surface area contributed by atoms with Crippen LogP contribution in [-0.4, -0.2) is 16.8 Å². The van der Waals surface area contributed by atoms with Gasteiger partial charge in [0.2, 0.25) is 5.91 Å². The van der Waals surface area contributed by atoms with E-state index in [0.29, 0.717) is 22.8 Å². The Morgan fingerprint density at radius 3 is 2.55 bits per heavy atom. The van der Waals surface area contributed by atoms with E-state index < -0.39 is 17.6 Å². The lowest BCUT2D eigenvalue weighted by Crippen LogP contribution is -2.31. The van der Waals surface area contributed by atoms with Crippen molar-refractivity contribution in [3.8, 4) is 0 Å². The standard InChI is InChI=1S/C23H21F2N3O2S/c1-13-8-10-14(11-9-13)21(29)28-23-27-20-15(4-2-7-19(20)31-23)22(30)26-12-16-17(24)5-3-6-18(16)25/h3,5-6,8-11,15H,2,4,7,12H2,1H3,(H,26,30)(H,27,28,29). The molecule has 0 aliphatic heterocycles. The molecule has 1 atom stereocenters. The molecule has 2 aromatic carbocycles. The van der Waals surface area contributed by atoms with E-state index in [0.717, 1.165) is 35.4 Å². The molecule has 2 amide bonds. The van der Waals surface area contributed by atoms with Gasteiger partial charge in [0.25, 0.3) is 5.91 Å². The van der Waals surface area contributed by atoms with E-state index in [1.54, 1.807) is 12.1 Å². The van der Waals surface area contributed by atoms with E-state index in [1.165, 1.54) is 17.4 Å². The van der Waals surface area contributed by atoms with Crippen LogP contribution in [0.15, 0.2) is 42.5 Å². The molecule has 2 N–H and O–H groups in total. The highest BCUT2D eigenvalue weighted by Gasteiger charge is 2.30. The second kappa shape index (κ2) is 8.93. The number of amides is 2. The first-order valence-corrected chi connectivity index (χ1v) is 10.8. The van der Waals surface area contributed by atoms with Crippen molar-refractivity contribution in [3.63, 3.8) is 0 Å². The summed E-state index contributed by atoms with van der Waals surface area (Å²) in [5, 5.41) is 5.88. The number of rotatable bonds is 5. The zero-order chi connectivity index (χ0) is 22.0. The fourth-order valence-corrected chi connectivity index (χ4v) is 4.66. The van der Waals surface area contributed by atoms with Crippen LogP contribution in [0, 0.1) is 18.6 Å². The Hall–Kier alpha value is -3.13. The number of thiazole rings is 1. The van der Waals surface area contributed by atoms with Gasteiger partial charge in [-0.2, -0.15) is 0 Å². The number of benzene rings is 2. The minimum absolute atomic E-state index is 0.170. The summed E-state index contributed by atoms with van der Waals surface area (Å²) in [6.07, 6.45) is 2.17. The number of nitrogens with zero attached hydrogens (tertiary/aromatic N) is 1. The highest BCUT2D eigenvalue weighted by molar-refractivity contribution is 7.16.